The Morgan fingerprint density at radius 3 is 2.50 bits per heavy atom. The SMILES string of the molecule is O=S(=O)(c1ccc(CCl)cc1)N1CCC2CCCCC21. The smallest absolute Gasteiger partial charge is 0.207 e. The molecule has 1 saturated heterocycles. The zero-order chi connectivity index (χ0) is 14.2. The monoisotopic (exact) mass is 313 g/mol. The lowest BCUT2D eigenvalue weighted by Gasteiger charge is -2.31. The molecule has 1 aromatic rings. The van der Waals surface area contributed by atoms with E-state index in [4.69, 9.17) is 11.6 Å². The fourth-order valence-corrected chi connectivity index (χ4v) is 5.46. The first-order valence-corrected chi connectivity index (χ1v) is 9.27. The Morgan fingerprint density at radius 1 is 1.10 bits per heavy atom. The number of rotatable bonds is 3. The van der Waals surface area contributed by atoms with Gasteiger partial charge in [0.05, 0.1) is 4.90 Å². The maximum absolute atomic E-state index is 12.8. The van der Waals surface area contributed by atoms with Crippen LogP contribution in [-0.2, 0) is 15.9 Å². The summed E-state index contributed by atoms with van der Waals surface area (Å²) in [6.45, 7) is 0.676. The summed E-state index contributed by atoms with van der Waals surface area (Å²) >= 11 is 5.75. The number of sulfonamides is 1. The van der Waals surface area contributed by atoms with E-state index in [1.54, 1.807) is 28.6 Å². The van der Waals surface area contributed by atoms with Crippen molar-refractivity contribution in [3.05, 3.63) is 29.8 Å². The molecule has 0 spiro atoms. The number of nitrogens with zero attached hydrogens (tertiary/aromatic N) is 1. The Bertz CT molecular complexity index is 570. The van der Waals surface area contributed by atoms with Crippen LogP contribution in [0.15, 0.2) is 29.2 Å². The fraction of sp³-hybridized carbons (Fsp3) is 0.600. The van der Waals surface area contributed by atoms with Crippen LogP contribution in [0, 0.1) is 5.92 Å². The predicted molar refractivity (Wildman–Crippen MR) is 80.3 cm³/mol. The van der Waals surface area contributed by atoms with E-state index in [0.29, 0.717) is 23.2 Å². The molecule has 2 unspecified atom stereocenters. The Labute approximate surface area is 126 Å². The molecule has 1 saturated carbocycles. The largest absolute Gasteiger partial charge is 0.243 e. The lowest BCUT2D eigenvalue weighted by molar-refractivity contribution is 0.260. The standard InChI is InChI=1S/C15H20ClNO2S/c16-11-12-5-7-14(8-6-12)20(18,19)17-10-9-13-3-1-2-4-15(13)17/h5-8,13,15H,1-4,9-11H2. The average molecular weight is 314 g/mol. The zero-order valence-corrected chi connectivity index (χ0v) is 13.0. The molecule has 1 heterocycles. The molecular weight excluding hydrogens is 294 g/mol. The van der Waals surface area contributed by atoms with Crippen LogP contribution in [-0.4, -0.2) is 25.3 Å². The normalized spacial score (nSPS) is 27.4. The molecule has 0 bridgehead atoms. The van der Waals surface area contributed by atoms with Crippen molar-refractivity contribution in [2.75, 3.05) is 6.54 Å². The third kappa shape index (κ3) is 2.49. The van der Waals surface area contributed by atoms with Gasteiger partial charge in [0.2, 0.25) is 10.0 Å². The van der Waals surface area contributed by atoms with E-state index in [1.165, 1.54) is 12.8 Å². The quantitative estimate of drug-likeness (QED) is 0.802. The van der Waals surface area contributed by atoms with Crippen LogP contribution in [0.5, 0.6) is 0 Å². The molecule has 2 aliphatic rings. The van der Waals surface area contributed by atoms with Crippen molar-refractivity contribution in [3.63, 3.8) is 0 Å². The Morgan fingerprint density at radius 2 is 1.80 bits per heavy atom. The summed E-state index contributed by atoms with van der Waals surface area (Å²) in [5.41, 5.74) is 0.947. The second kappa shape index (κ2) is 5.66. The number of alkyl halides is 1. The maximum Gasteiger partial charge on any atom is 0.243 e. The zero-order valence-electron chi connectivity index (χ0n) is 11.5. The van der Waals surface area contributed by atoms with Crippen molar-refractivity contribution >= 4 is 21.6 Å². The molecule has 1 aromatic carbocycles. The molecule has 3 rings (SSSR count). The van der Waals surface area contributed by atoms with Gasteiger partial charge in [0.1, 0.15) is 0 Å². The van der Waals surface area contributed by atoms with Crippen molar-refractivity contribution in [1.29, 1.82) is 0 Å². The summed E-state index contributed by atoms with van der Waals surface area (Å²) in [5.74, 6) is 0.981. The van der Waals surface area contributed by atoms with Gasteiger partial charge in [-0.05, 0) is 42.9 Å². The Kier molecular flexibility index (Phi) is 4.07. The molecule has 110 valence electrons. The third-order valence-electron chi connectivity index (χ3n) is 4.64. The average Bonchev–Trinajstić information content (AvgIpc) is 2.92. The number of halogens is 1. The van der Waals surface area contributed by atoms with Gasteiger partial charge in [-0.1, -0.05) is 25.0 Å². The second-order valence-electron chi connectivity index (χ2n) is 5.79. The van der Waals surface area contributed by atoms with E-state index < -0.39 is 10.0 Å². The van der Waals surface area contributed by atoms with Crippen LogP contribution in [0.25, 0.3) is 0 Å². The van der Waals surface area contributed by atoms with Crippen LogP contribution in [0.1, 0.15) is 37.7 Å². The first-order valence-electron chi connectivity index (χ1n) is 7.29. The molecule has 0 amide bonds. The Balaban J connectivity index is 1.87. The van der Waals surface area contributed by atoms with Crippen LogP contribution in [0.2, 0.25) is 0 Å². The summed E-state index contributed by atoms with van der Waals surface area (Å²) in [6.07, 6.45) is 5.62. The van der Waals surface area contributed by atoms with Crippen molar-refractivity contribution < 1.29 is 8.42 Å². The lowest BCUT2D eigenvalue weighted by atomic mass is 9.86. The van der Waals surface area contributed by atoms with Crippen molar-refractivity contribution in [3.8, 4) is 0 Å². The number of benzene rings is 1. The molecule has 0 radical (unpaired) electrons. The van der Waals surface area contributed by atoms with Crippen LogP contribution < -0.4 is 0 Å². The van der Waals surface area contributed by atoms with Gasteiger partial charge in [-0.2, -0.15) is 4.31 Å². The highest BCUT2D eigenvalue weighted by Gasteiger charge is 2.42. The van der Waals surface area contributed by atoms with Crippen molar-refractivity contribution in [1.82, 2.24) is 4.31 Å². The highest BCUT2D eigenvalue weighted by atomic mass is 35.5. The minimum Gasteiger partial charge on any atom is -0.207 e. The van der Waals surface area contributed by atoms with Gasteiger partial charge in [0.25, 0.3) is 0 Å². The third-order valence-corrected chi connectivity index (χ3v) is 6.89. The van der Waals surface area contributed by atoms with Gasteiger partial charge in [-0.15, -0.1) is 11.6 Å². The lowest BCUT2D eigenvalue weighted by Crippen LogP contribution is -2.39. The summed E-state index contributed by atoms with van der Waals surface area (Å²) in [5, 5.41) is 0. The van der Waals surface area contributed by atoms with Gasteiger partial charge < -0.3 is 0 Å². The fourth-order valence-electron chi connectivity index (χ4n) is 3.55. The van der Waals surface area contributed by atoms with Gasteiger partial charge in [-0.3, -0.25) is 0 Å². The topological polar surface area (TPSA) is 37.4 Å². The second-order valence-corrected chi connectivity index (χ2v) is 7.95. The van der Waals surface area contributed by atoms with Crippen LogP contribution in [0.4, 0.5) is 0 Å². The first kappa shape index (κ1) is 14.4. The molecule has 20 heavy (non-hydrogen) atoms. The van der Waals surface area contributed by atoms with Gasteiger partial charge in [-0.25, -0.2) is 8.42 Å². The van der Waals surface area contributed by atoms with E-state index in [1.807, 2.05) is 0 Å². The van der Waals surface area contributed by atoms with E-state index in [0.717, 1.165) is 24.8 Å². The van der Waals surface area contributed by atoms with Gasteiger partial charge in [0, 0.05) is 18.5 Å². The molecular formula is C15H20ClNO2S. The van der Waals surface area contributed by atoms with Gasteiger partial charge in [0.15, 0.2) is 0 Å². The first-order chi connectivity index (χ1) is 9.63. The molecule has 5 heteroatoms. The highest BCUT2D eigenvalue weighted by Crippen LogP contribution is 2.39. The van der Waals surface area contributed by atoms with Crippen molar-refractivity contribution in [2.24, 2.45) is 5.92 Å². The molecule has 2 atom stereocenters. The minimum absolute atomic E-state index is 0.224. The molecule has 0 aromatic heterocycles. The molecule has 1 aliphatic carbocycles. The minimum atomic E-state index is -3.34. The highest BCUT2D eigenvalue weighted by molar-refractivity contribution is 7.89. The van der Waals surface area contributed by atoms with Crippen LogP contribution >= 0.6 is 11.6 Å². The molecule has 2 fully saturated rings. The van der Waals surface area contributed by atoms with Crippen molar-refractivity contribution in [2.45, 2.75) is 48.9 Å². The van der Waals surface area contributed by atoms with Crippen LogP contribution in [0.3, 0.4) is 0 Å². The predicted octanol–water partition coefficient (Wildman–Crippen LogP) is 3.38. The summed E-state index contributed by atoms with van der Waals surface area (Å²) in [4.78, 5) is 0.401. The number of hydrogen-bond donors (Lipinski definition) is 0. The summed E-state index contributed by atoms with van der Waals surface area (Å²) in [7, 11) is -3.34. The Hall–Kier alpha value is -0.580. The summed E-state index contributed by atoms with van der Waals surface area (Å²) in [6, 6.07) is 7.19. The maximum atomic E-state index is 12.8. The van der Waals surface area contributed by atoms with E-state index in [2.05, 4.69) is 0 Å². The van der Waals surface area contributed by atoms with Gasteiger partial charge >= 0.3 is 0 Å². The summed E-state index contributed by atoms with van der Waals surface area (Å²) < 4.78 is 27.3. The molecule has 0 N–H and O–H groups in total. The van der Waals surface area contributed by atoms with E-state index in [9.17, 15) is 8.42 Å². The number of hydrogen-bond acceptors (Lipinski definition) is 2. The van der Waals surface area contributed by atoms with E-state index >= 15 is 0 Å². The molecule has 1 aliphatic heterocycles. The molecule has 3 nitrogen and oxygen atoms in total. The number of fused-ring (bicyclic) bond motifs is 1. The van der Waals surface area contributed by atoms with E-state index in [-0.39, 0.29) is 6.04 Å².